The van der Waals surface area contributed by atoms with E-state index in [1.807, 2.05) is 30.3 Å². The van der Waals surface area contributed by atoms with Crippen molar-refractivity contribution in [3.05, 3.63) is 30.3 Å². The number of ether oxygens (including phenoxy) is 1. The van der Waals surface area contributed by atoms with E-state index in [9.17, 15) is 5.11 Å². The number of piperidine rings is 1. The molecule has 0 amide bonds. The molecule has 0 aliphatic carbocycles. The molecular formula is C16H26NO2+. The maximum Gasteiger partial charge on any atom is 0.137 e. The zero-order chi connectivity index (χ0) is 13.7. The van der Waals surface area contributed by atoms with E-state index in [-0.39, 0.29) is 0 Å². The molecule has 1 fully saturated rings. The van der Waals surface area contributed by atoms with E-state index >= 15 is 0 Å². The van der Waals surface area contributed by atoms with Gasteiger partial charge in [0.1, 0.15) is 25.0 Å². The van der Waals surface area contributed by atoms with Crippen LogP contribution >= 0.6 is 0 Å². The Kier molecular flexibility index (Phi) is 5.23. The predicted molar refractivity (Wildman–Crippen MR) is 76.5 cm³/mol. The Morgan fingerprint density at radius 1 is 1.21 bits per heavy atom. The van der Waals surface area contributed by atoms with E-state index in [2.05, 4.69) is 13.8 Å². The Morgan fingerprint density at radius 3 is 2.47 bits per heavy atom. The van der Waals surface area contributed by atoms with Crippen LogP contribution in [0.15, 0.2) is 30.3 Å². The first-order valence-corrected chi connectivity index (χ1v) is 7.38. The van der Waals surface area contributed by atoms with Gasteiger partial charge in [-0.1, -0.05) is 18.2 Å². The molecule has 0 saturated carbocycles. The van der Waals surface area contributed by atoms with Gasteiger partial charge in [-0.2, -0.15) is 0 Å². The van der Waals surface area contributed by atoms with Crippen molar-refractivity contribution in [1.82, 2.24) is 0 Å². The van der Waals surface area contributed by atoms with E-state index in [1.54, 1.807) is 0 Å². The van der Waals surface area contributed by atoms with Crippen LogP contribution < -0.4 is 9.64 Å². The molecule has 0 spiro atoms. The van der Waals surface area contributed by atoms with Crippen LogP contribution in [0.3, 0.4) is 0 Å². The highest BCUT2D eigenvalue weighted by atomic mass is 16.5. The van der Waals surface area contributed by atoms with Crippen LogP contribution in [-0.2, 0) is 0 Å². The van der Waals surface area contributed by atoms with Crippen molar-refractivity contribution >= 4 is 0 Å². The van der Waals surface area contributed by atoms with Crippen molar-refractivity contribution in [3.63, 3.8) is 0 Å². The number of rotatable bonds is 5. The fourth-order valence-electron chi connectivity index (χ4n) is 3.03. The monoisotopic (exact) mass is 264 g/mol. The van der Waals surface area contributed by atoms with Crippen LogP contribution in [0.5, 0.6) is 5.75 Å². The van der Waals surface area contributed by atoms with E-state index in [1.165, 1.54) is 24.2 Å². The molecule has 3 nitrogen and oxygen atoms in total. The standard InChI is InChI=1S/C16H25NO2/c1-13-7-6-8-14(2)17(13)11-15(18)12-19-16-9-4-3-5-10-16/h3-5,9-10,13-15,18H,6-8,11-12H2,1-2H3/p+1/t13-,14-,15+/m1/s1. The summed E-state index contributed by atoms with van der Waals surface area (Å²) in [5, 5.41) is 10.2. The zero-order valence-corrected chi connectivity index (χ0v) is 12.0. The summed E-state index contributed by atoms with van der Waals surface area (Å²) in [4.78, 5) is 1.52. The molecular weight excluding hydrogens is 238 g/mol. The summed E-state index contributed by atoms with van der Waals surface area (Å²) in [6, 6.07) is 11.0. The first kappa shape index (κ1) is 14.4. The molecule has 106 valence electrons. The number of hydrogen-bond acceptors (Lipinski definition) is 2. The molecule has 3 heteroatoms. The Balaban J connectivity index is 1.78. The third-order valence-corrected chi connectivity index (χ3v) is 4.20. The average Bonchev–Trinajstić information content (AvgIpc) is 2.42. The van der Waals surface area contributed by atoms with Gasteiger partial charge in [-0.25, -0.2) is 0 Å². The predicted octanol–water partition coefficient (Wildman–Crippen LogP) is 1.27. The van der Waals surface area contributed by atoms with Gasteiger partial charge < -0.3 is 14.7 Å². The quantitative estimate of drug-likeness (QED) is 0.840. The number of benzene rings is 1. The lowest BCUT2D eigenvalue weighted by Crippen LogP contribution is -3.20. The first-order chi connectivity index (χ1) is 9.16. The van der Waals surface area contributed by atoms with Crippen LogP contribution in [0, 0.1) is 0 Å². The SMILES string of the molecule is C[C@@H]1CCC[C@@H](C)[NH+]1C[C@H](O)COc1ccccc1. The number of quaternary nitrogens is 1. The minimum absolute atomic E-state index is 0.382. The second-order valence-corrected chi connectivity index (χ2v) is 5.79. The minimum atomic E-state index is -0.391. The molecule has 0 bridgehead atoms. The second-order valence-electron chi connectivity index (χ2n) is 5.79. The van der Waals surface area contributed by atoms with Crippen molar-refractivity contribution in [2.45, 2.75) is 51.3 Å². The summed E-state index contributed by atoms with van der Waals surface area (Å²) in [5.74, 6) is 0.830. The summed E-state index contributed by atoms with van der Waals surface area (Å²) >= 11 is 0. The van der Waals surface area contributed by atoms with Gasteiger partial charge in [0.15, 0.2) is 0 Å². The number of para-hydroxylation sites is 1. The lowest BCUT2D eigenvalue weighted by atomic mass is 9.97. The molecule has 2 N–H and O–H groups in total. The van der Waals surface area contributed by atoms with Gasteiger partial charge in [-0.3, -0.25) is 0 Å². The van der Waals surface area contributed by atoms with Gasteiger partial charge in [0.2, 0.25) is 0 Å². The van der Waals surface area contributed by atoms with E-state index in [0.717, 1.165) is 12.3 Å². The largest absolute Gasteiger partial charge is 0.491 e. The Bertz CT molecular complexity index is 358. The Hall–Kier alpha value is -1.06. The van der Waals surface area contributed by atoms with Gasteiger partial charge >= 0.3 is 0 Å². The Morgan fingerprint density at radius 2 is 1.84 bits per heavy atom. The van der Waals surface area contributed by atoms with E-state index in [0.29, 0.717) is 18.7 Å². The maximum absolute atomic E-state index is 10.2. The summed E-state index contributed by atoms with van der Waals surface area (Å²) in [6.07, 6.45) is 3.47. The summed E-state index contributed by atoms with van der Waals surface area (Å²) in [7, 11) is 0. The lowest BCUT2D eigenvalue weighted by molar-refractivity contribution is -0.954. The van der Waals surface area contributed by atoms with Crippen LogP contribution in [0.4, 0.5) is 0 Å². The second kappa shape index (κ2) is 6.92. The number of aliphatic hydroxyl groups is 1. The lowest BCUT2D eigenvalue weighted by Gasteiger charge is -2.36. The average molecular weight is 264 g/mol. The molecule has 0 aromatic heterocycles. The van der Waals surface area contributed by atoms with Crippen LogP contribution in [0.1, 0.15) is 33.1 Å². The molecule has 1 aromatic carbocycles. The topological polar surface area (TPSA) is 33.9 Å². The van der Waals surface area contributed by atoms with Gasteiger partial charge in [0.05, 0.1) is 12.1 Å². The third kappa shape index (κ3) is 4.22. The molecule has 1 aromatic rings. The molecule has 0 radical (unpaired) electrons. The molecule has 1 heterocycles. The van der Waals surface area contributed by atoms with Crippen molar-refractivity contribution in [3.8, 4) is 5.75 Å². The van der Waals surface area contributed by atoms with E-state index in [4.69, 9.17) is 4.74 Å². The van der Waals surface area contributed by atoms with Gasteiger partial charge in [-0.05, 0) is 45.2 Å². The zero-order valence-electron chi connectivity index (χ0n) is 12.0. The maximum atomic E-state index is 10.2. The first-order valence-electron chi connectivity index (χ1n) is 7.38. The van der Waals surface area contributed by atoms with Crippen molar-refractivity contribution < 1.29 is 14.7 Å². The van der Waals surface area contributed by atoms with Crippen molar-refractivity contribution in [2.75, 3.05) is 13.2 Å². The number of nitrogens with one attached hydrogen (secondary N) is 1. The highest BCUT2D eigenvalue weighted by Crippen LogP contribution is 2.09. The van der Waals surface area contributed by atoms with E-state index < -0.39 is 6.10 Å². The minimum Gasteiger partial charge on any atom is -0.491 e. The highest BCUT2D eigenvalue weighted by Gasteiger charge is 2.30. The summed E-state index contributed by atoms with van der Waals surface area (Å²) in [6.45, 7) is 5.74. The molecule has 1 saturated heterocycles. The smallest absolute Gasteiger partial charge is 0.137 e. The summed E-state index contributed by atoms with van der Waals surface area (Å²) < 4.78 is 5.62. The molecule has 0 unspecified atom stereocenters. The van der Waals surface area contributed by atoms with Gasteiger partial charge in [-0.15, -0.1) is 0 Å². The van der Waals surface area contributed by atoms with Crippen LogP contribution in [0.25, 0.3) is 0 Å². The molecule has 1 aliphatic rings. The molecule has 19 heavy (non-hydrogen) atoms. The summed E-state index contributed by atoms with van der Waals surface area (Å²) in [5.41, 5.74) is 0. The third-order valence-electron chi connectivity index (χ3n) is 4.20. The fraction of sp³-hybridized carbons (Fsp3) is 0.625. The van der Waals surface area contributed by atoms with Crippen molar-refractivity contribution in [1.29, 1.82) is 0 Å². The fourth-order valence-corrected chi connectivity index (χ4v) is 3.03. The molecule has 1 aliphatic heterocycles. The molecule has 2 rings (SSSR count). The normalized spacial score (nSPS) is 26.1. The van der Waals surface area contributed by atoms with Crippen LogP contribution in [-0.4, -0.2) is 36.4 Å². The van der Waals surface area contributed by atoms with Gasteiger partial charge in [0, 0.05) is 0 Å². The Labute approximate surface area is 116 Å². The number of hydrogen-bond donors (Lipinski definition) is 2. The molecule has 3 atom stereocenters. The van der Waals surface area contributed by atoms with Gasteiger partial charge in [0.25, 0.3) is 0 Å². The number of aliphatic hydroxyl groups excluding tert-OH is 1. The number of likely N-dealkylation sites (tertiary alicyclic amines) is 1. The van der Waals surface area contributed by atoms with Crippen molar-refractivity contribution in [2.24, 2.45) is 0 Å². The van der Waals surface area contributed by atoms with Crippen LogP contribution in [0.2, 0.25) is 0 Å². The highest BCUT2D eigenvalue weighted by molar-refractivity contribution is 5.20.